The van der Waals surface area contributed by atoms with Crippen LogP contribution in [0.25, 0.3) is 0 Å². The molecule has 2 aromatic rings. The van der Waals surface area contributed by atoms with E-state index in [1.165, 1.54) is 30.3 Å². The number of halogens is 2. The predicted octanol–water partition coefficient (Wildman–Crippen LogP) is 3.46. The largest absolute Gasteiger partial charge is 0.349 e. The number of rotatable bonds is 3. The Morgan fingerprint density at radius 2 is 2.04 bits per heavy atom. The topological polar surface area (TPSA) is 62.3 Å². The van der Waals surface area contributed by atoms with E-state index in [0.29, 0.717) is 25.2 Å². The molecule has 0 radical (unpaired) electrons. The second-order valence-electron chi connectivity index (χ2n) is 7.60. The minimum absolute atomic E-state index is 0.0173. The summed E-state index contributed by atoms with van der Waals surface area (Å²) in [6.45, 7) is 0.530. The molecule has 2 aliphatic rings. The number of anilines is 1. The van der Waals surface area contributed by atoms with Crippen molar-refractivity contribution < 1.29 is 18.4 Å². The summed E-state index contributed by atoms with van der Waals surface area (Å²) in [5, 5.41) is 2.95. The van der Waals surface area contributed by atoms with E-state index >= 15 is 0 Å². The van der Waals surface area contributed by atoms with Crippen molar-refractivity contribution in [3.05, 3.63) is 59.8 Å². The molecule has 1 aromatic heterocycles. The first-order valence-corrected chi connectivity index (χ1v) is 9.47. The fourth-order valence-electron chi connectivity index (χ4n) is 4.37. The van der Waals surface area contributed by atoms with Gasteiger partial charge < -0.3 is 5.32 Å². The van der Waals surface area contributed by atoms with Gasteiger partial charge in [-0.15, -0.1) is 0 Å². The fraction of sp³-hybridized carbons (Fsp3) is 0.381. The highest BCUT2D eigenvalue weighted by Gasteiger charge is 2.50. The van der Waals surface area contributed by atoms with Crippen molar-refractivity contribution in [2.75, 3.05) is 11.4 Å². The number of aromatic nitrogens is 1. The van der Waals surface area contributed by atoms with Gasteiger partial charge in [0.05, 0.1) is 11.6 Å². The fourth-order valence-corrected chi connectivity index (χ4v) is 4.37. The second kappa shape index (κ2) is 7.30. The summed E-state index contributed by atoms with van der Waals surface area (Å²) >= 11 is 0. The SMILES string of the molecule is O=C(N[C@@H]1CCC[C@]2(CCN(c3ccc(F)cn3)C2=O)C1)c1cccc(F)c1. The quantitative estimate of drug-likeness (QED) is 0.880. The summed E-state index contributed by atoms with van der Waals surface area (Å²) in [4.78, 5) is 31.2. The van der Waals surface area contributed by atoms with Gasteiger partial charge in [-0.3, -0.25) is 14.5 Å². The van der Waals surface area contributed by atoms with Crippen LogP contribution in [-0.2, 0) is 4.79 Å². The molecule has 1 N–H and O–H groups in total. The highest BCUT2D eigenvalue weighted by atomic mass is 19.1. The molecule has 0 bridgehead atoms. The normalized spacial score (nSPS) is 24.6. The lowest BCUT2D eigenvalue weighted by Gasteiger charge is -2.36. The van der Waals surface area contributed by atoms with Gasteiger partial charge in [-0.05, 0) is 56.0 Å². The lowest BCUT2D eigenvalue weighted by atomic mass is 9.71. The lowest BCUT2D eigenvalue weighted by Crippen LogP contribution is -2.46. The predicted molar refractivity (Wildman–Crippen MR) is 99.7 cm³/mol. The molecule has 1 saturated heterocycles. The second-order valence-corrected chi connectivity index (χ2v) is 7.60. The number of hydrogen-bond donors (Lipinski definition) is 1. The Labute approximate surface area is 161 Å². The monoisotopic (exact) mass is 385 g/mol. The van der Waals surface area contributed by atoms with Crippen LogP contribution < -0.4 is 10.2 Å². The van der Waals surface area contributed by atoms with Crippen molar-refractivity contribution in [3.8, 4) is 0 Å². The molecule has 2 amide bonds. The molecule has 1 saturated carbocycles. The third-order valence-electron chi connectivity index (χ3n) is 5.77. The smallest absolute Gasteiger partial charge is 0.251 e. The van der Waals surface area contributed by atoms with E-state index < -0.39 is 17.0 Å². The Morgan fingerprint density at radius 3 is 2.79 bits per heavy atom. The van der Waals surface area contributed by atoms with Gasteiger partial charge in [0.1, 0.15) is 17.5 Å². The number of carbonyl (C=O) groups excluding carboxylic acids is 2. The van der Waals surface area contributed by atoms with Crippen molar-refractivity contribution in [1.82, 2.24) is 10.3 Å². The van der Waals surface area contributed by atoms with Gasteiger partial charge in [0.15, 0.2) is 0 Å². The molecule has 28 heavy (non-hydrogen) atoms. The third kappa shape index (κ3) is 3.48. The van der Waals surface area contributed by atoms with E-state index in [2.05, 4.69) is 10.3 Å². The van der Waals surface area contributed by atoms with Crippen LogP contribution in [0.4, 0.5) is 14.6 Å². The highest BCUT2D eigenvalue weighted by Crippen LogP contribution is 2.45. The van der Waals surface area contributed by atoms with Crippen molar-refractivity contribution >= 4 is 17.6 Å². The van der Waals surface area contributed by atoms with E-state index in [-0.39, 0.29) is 23.4 Å². The van der Waals surface area contributed by atoms with Gasteiger partial charge in [-0.1, -0.05) is 12.5 Å². The summed E-state index contributed by atoms with van der Waals surface area (Å²) < 4.78 is 26.5. The molecule has 1 aromatic carbocycles. The van der Waals surface area contributed by atoms with Crippen molar-refractivity contribution in [2.24, 2.45) is 5.41 Å². The molecule has 1 aliphatic carbocycles. The number of carbonyl (C=O) groups is 2. The molecule has 2 atom stereocenters. The molecule has 2 fully saturated rings. The first-order chi connectivity index (χ1) is 13.5. The van der Waals surface area contributed by atoms with E-state index in [1.807, 2.05) is 0 Å². The van der Waals surface area contributed by atoms with Gasteiger partial charge in [-0.2, -0.15) is 0 Å². The number of benzene rings is 1. The zero-order valence-electron chi connectivity index (χ0n) is 15.3. The van der Waals surface area contributed by atoms with Crippen LogP contribution in [0.1, 0.15) is 42.5 Å². The third-order valence-corrected chi connectivity index (χ3v) is 5.77. The lowest BCUT2D eigenvalue weighted by molar-refractivity contribution is -0.127. The average Bonchev–Trinajstić information content (AvgIpc) is 2.98. The Morgan fingerprint density at radius 1 is 1.18 bits per heavy atom. The standard InChI is InChI=1S/C21H21F2N3O2/c22-15-4-1-3-14(11-15)19(27)25-17-5-2-8-21(12-17)9-10-26(20(21)28)18-7-6-16(23)13-24-18/h1,3-4,6-7,11,13,17H,2,5,8-10,12H2,(H,25,27)/t17-,21+/m1/s1. The molecule has 146 valence electrons. The Kier molecular flexibility index (Phi) is 4.83. The summed E-state index contributed by atoms with van der Waals surface area (Å²) in [6.07, 6.45) is 4.70. The van der Waals surface area contributed by atoms with Crippen LogP contribution in [0.2, 0.25) is 0 Å². The first kappa shape index (κ1) is 18.5. The summed E-state index contributed by atoms with van der Waals surface area (Å²) in [5.41, 5.74) is -0.261. The molecule has 0 unspecified atom stereocenters. The zero-order chi connectivity index (χ0) is 19.7. The highest BCUT2D eigenvalue weighted by molar-refractivity contribution is 5.99. The maximum absolute atomic E-state index is 13.4. The number of pyridine rings is 1. The Balaban J connectivity index is 1.46. The van der Waals surface area contributed by atoms with E-state index in [4.69, 9.17) is 0 Å². The van der Waals surface area contributed by atoms with E-state index in [0.717, 1.165) is 25.5 Å². The number of hydrogen-bond acceptors (Lipinski definition) is 3. The zero-order valence-corrected chi connectivity index (χ0v) is 15.3. The van der Waals surface area contributed by atoms with E-state index in [1.54, 1.807) is 11.0 Å². The summed E-state index contributed by atoms with van der Waals surface area (Å²) in [7, 11) is 0. The number of nitrogens with one attached hydrogen (secondary N) is 1. The maximum atomic E-state index is 13.4. The van der Waals surface area contributed by atoms with Crippen molar-refractivity contribution in [1.29, 1.82) is 0 Å². The van der Waals surface area contributed by atoms with Crippen molar-refractivity contribution in [2.45, 2.75) is 38.1 Å². The summed E-state index contributed by atoms with van der Waals surface area (Å²) in [6, 6.07) is 8.23. The minimum atomic E-state index is -0.534. The molecule has 1 spiro atoms. The van der Waals surface area contributed by atoms with Gasteiger partial charge >= 0.3 is 0 Å². The van der Waals surface area contributed by atoms with Crippen LogP contribution >= 0.6 is 0 Å². The van der Waals surface area contributed by atoms with Crippen LogP contribution in [-0.4, -0.2) is 29.4 Å². The van der Waals surface area contributed by atoms with Crippen LogP contribution in [0.5, 0.6) is 0 Å². The molecule has 7 heteroatoms. The molecule has 2 heterocycles. The van der Waals surface area contributed by atoms with Crippen LogP contribution in [0.15, 0.2) is 42.6 Å². The van der Waals surface area contributed by atoms with Crippen molar-refractivity contribution in [3.63, 3.8) is 0 Å². The molecular weight excluding hydrogens is 364 g/mol. The molecule has 5 nitrogen and oxygen atoms in total. The Bertz CT molecular complexity index is 903. The Hall–Kier alpha value is -2.83. The first-order valence-electron chi connectivity index (χ1n) is 9.47. The van der Waals surface area contributed by atoms with Crippen LogP contribution in [0.3, 0.4) is 0 Å². The maximum Gasteiger partial charge on any atom is 0.251 e. The van der Waals surface area contributed by atoms with Gasteiger partial charge in [0.2, 0.25) is 5.91 Å². The van der Waals surface area contributed by atoms with Gasteiger partial charge in [0.25, 0.3) is 5.91 Å². The van der Waals surface area contributed by atoms with E-state index in [9.17, 15) is 18.4 Å². The van der Waals surface area contributed by atoms with Gasteiger partial charge in [0, 0.05) is 18.2 Å². The summed E-state index contributed by atoms with van der Waals surface area (Å²) in [5.74, 6) is -0.793. The molecular formula is C21H21F2N3O2. The average molecular weight is 385 g/mol. The van der Waals surface area contributed by atoms with Crippen LogP contribution in [0, 0.1) is 17.0 Å². The molecule has 4 rings (SSSR count). The van der Waals surface area contributed by atoms with Gasteiger partial charge in [-0.25, -0.2) is 13.8 Å². The molecule has 1 aliphatic heterocycles. The number of amides is 2. The minimum Gasteiger partial charge on any atom is -0.349 e. The number of nitrogens with zero attached hydrogens (tertiary/aromatic N) is 2.